The van der Waals surface area contributed by atoms with Gasteiger partial charge in [-0.05, 0) is 25.1 Å². The van der Waals surface area contributed by atoms with Crippen LogP contribution in [0.25, 0.3) is 0 Å². The molecule has 0 atom stereocenters. The minimum atomic E-state index is -4.43. The molecule has 0 spiro atoms. The molecule has 1 heterocycles. The summed E-state index contributed by atoms with van der Waals surface area (Å²) in [5.41, 5.74) is 0.212. The van der Waals surface area contributed by atoms with E-state index in [0.29, 0.717) is 12.1 Å². The van der Waals surface area contributed by atoms with Gasteiger partial charge in [-0.25, -0.2) is 27.3 Å². The van der Waals surface area contributed by atoms with Crippen molar-refractivity contribution in [1.82, 2.24) is 4.98 Å². The molecule has 0 aliphatic rings. The van der Waals surface area contributed by atoms with Crippen LogP contribution in [0.15, 0.2) is 48.7 Å². The van der Waals surface area contributed by atoms with Gasteiger partial charge in [-0.2, -0.15) is 8.78 Å². The maximum absolute atomic E-state index is 14.4. The zero-order valence-electron chi connectivity index (χ0n) is 17.1. The number of aryl methyl sites for hydroxylation is 1. The summed E-state index contributed by atoms with van der Waals surface area (Å²) in [5, 5.41) is -0.415. The number of halogens is 7. The number of benzene rings is 2. The quantitative estimate of drug-likeness (QED) is 0.196. The highest BCUT2D eigenvalue weighted by atomic mass is 35.5. The Bertz CT molecular complexity index is 1190. The van der Waals surface area contributed by atoms with Crippen molar-refractivity contribution in [2.24, 2.45) is 0 Å². The van der Waals surface area contributed by atoms with Gasteiger partial charge in [-0.3, -0.25) is 0 Å². The number of nitrogens with zero attached hydrogens (tertiary/aromatic N) is 1. The lowest BCUT2D eigenvalue weighted by molar-refractivity contribution is -0.148. The Morgan fingerprint density at radius 1 is 1.06 bits per heavy atom. The smallest absolute Gasteiger partial charge is 0.346 e. The Morgan fingerprint density at radius 3 is 2.35 bits per heavy atom. The predicted molar refractivity (Wildman–Crippen MR) is 108 cm³/mol. The van der Waals surface area contributed by atoms with Crippen LogP contribution in [-0.2, 0) is 0 Å². The minimum Gasteiger partial charge on any atom is -0.470 e. The third-order valence-corrected chi connectivity index (χ3v) is 4.47. The fraction of sp³-hybridized carbons (Fsp3) is 0.182. The predicted octanol–water partition coefficient (Wildman–Crippen LogP) is 6.61. The SMILES string of the molecule is Cc1ccc(OC(=O)c2cc(F)c(Oc3cnc(OCC(F)(F)C(F)F)c(Cl)c3)cc2F)cc1. The number of rotatable bonds is 8. The zero-order valence-corrected chi connectivity index (χ0v) is 17.9. The molecule has 3 rings (SSSR count). The van der Waals surface area contributed by atoms with E-state index in [1.54, 1.807) is 12.1 Å². The number of pyridine rings is 1. The monoisotopic (exact) mass is 505 g/mol. The van der Waals surface area contributed by atoms with Crippen molar-refractivity contribution < 1.29 is 45.3 Å². The standard InChI is InChI=1S/C22H14ClF6NO4/c1-11-2-4-12(5-3-11)34-20(31)14-7-17(25)18(8-16(14)24)33-13-6-15(23)19(30-9-13)32-10-22(28,29)21(26)27/h2-9,21H,10H2,1H3. The van der Waals surface area contributed by atoms with Crippen LogP contribution in [0.4, 0.5) is 26.3 Å². The molecule has 180 valence electrons. The number of ether oxygens (including phenoxy) is 3. The molecule has 0 amide bonds. The molecular weight excluding hydrogens is 492 g/mol. The van der Waals surface area contributed by atoms with Gasteiger partial charge in [0.2, 0.25) is 5.88 Å². The minimum absolute atomic E-state index is 0.130. The highest BCUT2D eigenvalue weighted by Crippen LogP contribution is 2.33. The summed E-state index contributed by atoms with van der Waals surface area (Å²) in [5.74, 6) is -9.24. The molecule has 0 aliphatic carbocycles. The number of aromatic nitrogens is 1. The van der Waals surface area contributed by atoms with Crippen LogP contribution in [0.5, 0.6) is 23.1 Å². The molecular formula is C22H14ClF6NO4. The van der Waals surface area contributed by atoms with Crippen molar-refractivity contribution >= 4 is 17.6 Å². The van der Waals surface area contributed by atoms with Gasteiger partial charge >= 0.3 is 18.3 Å². The third kappa shape index (κ3) is 6.10. The van der Waals surface area contributed by atoms with E-state index >= 15 is 0 Å². The van der Waals surface area contributed by atoms with Crippen LogP contribution in [0, 0.1) is 18.6 Å². The molecule has 12 heteroatoms. The molecule has 0 fully saturated rings. The Hall–Kier alpha value is -3.47. The van der Waals surface area contributed by atoms with Gasteiger partial charge in [0.15, 0.2) is 18.2 Å². The molecule has 0 unspecified atom stereocenters. The van der Waals surface area contributed by atoms with Crippen LogP contribution >= 0.6 is 11.6 Å². The van der Waals surface area contributed by atoms with Crippen molar-refractivity contribution in [2.45, 2.75) is 19.3 Å². The lowest BCUT2D eigenvalue weighted by atomic mass is 10.2. The molecule has 3 aromatic rings. The van der Waals surface area contributed by atoms with E-state index in [9.17, 15) is 31.1 Å². The van der Waals surface area contributed by atoms with Crippen molar-refractivity contribution in [3.63, 3.8) is 0 Å². The fourth-order valence-electron chi connectivity index (χ4n) is 2.46. The van der Waals surface area contributed by atoms with E-state index in [4.69, 9.17) is 21.1 Å². The number of hydrogen-bond donors (Lipinski definition) is 0. The van der Waals surface area contributed by atoms with Crippen LogP contribution < -0.4 is 14.2 Å². The second kappa shape index (κ2) is 10.2. The van der Waals surface area contributed by atoms with Gasteiger partial charge in [0.25, 0.3) is 0 Å². The van der Waals surface area contributed by atoms with E-state index in [0.717, 1.165) is 17.8 Å². The average Bonchev–Trinajstić information content (AvgIpc) is 2.77. The van der Waals surface area contributed by atoms with Gasteiger partial charge in [0, 0.05) is 12.1 Å². The maximum atomic E-state index is 14.4. The second-order valence-corrected chi connectivity index (χ2v) is 7.28. The van der Waals surface area contributed by atoms with Crippen molar-refractivity contribution in [1.29, 1.82) is 0 Å². The van der Waals surface area contributed by atoms with Gasteiger partial charge in [-0.15, -0.1) is 0 Å². The van der Waals surface area contributed by atoms with Gasteiger partial charge in [-0.1, -0.05) is 29.3 Å². The van der Waals surface area contributed by atoms with E-state index in [2.05, 4.69) is 9.72 Å². The lowest BCUT2D eigenvalue weighted by Gasteiger charge is -2.16. The Kier molecular flexibility index (Phi) is 7.55. The lowest BCUT2D eigenvalue weighted by Crippen LogP contribution is -2.33. The first-order valence-corrected chi connectivity index (χ1v) is 9.74. The summed E-state index contributed by atoms with van der Waals surface area (Å²) < 4.78 is 93.8. The van der Waals surface area contributed by atoms with Crippen LogP contribution in [0.1, 0.15) is 15.9 Å². The number of esters is 1. The first-order chi connectivity index (χ1) is 16.0. The Labute approximate surface area is 193 Å². The highest BCUT2D eigenvalue weighted by Gasteiger charge is 2.42. The number of alkyl halides is 4. The van der Waals surface area contributed by atoms with E-state index in [1.807, 2.05) is 6.92 Å². The molecule has 0 radical (unpaired) electrons. The van der Waals surface area contributed by atoms with E-state index in [-0.39, 0.29) is 11.5 Å². The first kappa shape index (κ1) is 25.2. The Balaban J connectivity index is 1.72. The molecule has 34 heavy (non-hydrogen) atoms. The van der Waals surface area contributed by atoms with Crippen LogP contribution in [0.2, 0.25) is 5.02 Å². The molecule has 2 aromatic carbocycles. The normalized spacial score (nSPS) is 11.4. The summed E-state index contributed by atoms with van der Waals surface area (Å²) in [7, 11) is 0. The molecule has 5 nitrogen and oxygen atoms in total. The van der Waals surface area contributed by atoms with Crippen LogP contribution in [0.3, 0.4) is 0 Å². The average molecular weight is 506 g/mol. The molecule has 0 aliphatic heterocycles. The molecule has 0 bridgehead atoms. The number of carbonyl (C=O) groups excluding carboxylic acids is 1. The first-order valence-electron chi connectivity index (χ1n) is 9.36. The van der Waals surface area contributed by atoms with Crippen molar-refractivity contribution in [3.05, 3.63) is 76.4 Å². The molecule has 1 aromatic heterocycles. The van der Waals surface area contributed by atoms with Gasteiger partial charge in [0.1, 0.15) is 22.3 Å². The van der Waals surface area contributed by atoms with Gasteiger partial charge in [0.05, 0.1) is 11.8 Å². The van der Waals surface area contributed by atoms with Crippen molar-refractivity contribution in [2.75, 3.05) is 6.61 Å². The number of hydrogen-bond acceptors (Lipinski definition) is 5. The van der Waals surface area contributed by atoms with E-state index in [1.165, 1.54) is 12.1 Å². The third-order valence-electron chi connectivity index (χ3n) is 4.20. The van der Waals surface area contributed by atoms with Gasteiger partial charge < -0.3 is 14.2 Å². The number of carbonyl (C=O) groups is 1. The van der Waals surface area contributed by atoms with Crippen molar-refractivity contribution in [3.8, 4) is 23.1 Å². The maximum Gasteiger partial charge on any atom is 0.346 e. The zero-order chi connectivity index (χ0) is 25.0. The molecule has 0 saturated carbocycles. The summed E-state index contributed by atoms with van der Waals surface area (Å²) in [6, 6.07) is 8.41. The summed E-state index contributed by atoms with van der Waals surface area (Å²) in [6.45, 7) is 0.131. The largest absolute Gasteiger partial charge is 0.470 e. The highest BCUT2D eigenvalue weighted by molar-refractivity contribution is 6.31. The summed E-state index contributed by atoms with van der Waals surface area (Å²) in [6.07, 6.45) is -3.09. The fourth-order valence-corrected chi connectivity index (χ4v) is 2.67. The molecule has 0 N–H and O–H groups in total. The second-order valence-electron chi connectivity index (χ2n) is 6.88. The van der Waals surface area contributed by atoms with E-state index < -0.39 is 58.8 Å². The molecule has 0 saturated heterocycles. The topological polar surface area (TPSA) is 57.7 Å². The summed E-state index contributed by atoms with van der Waals surface area (Å²) in [4.78, 5) is 15.7. The summed E-state index contributed by atoms with van der Waals surface area (Å²) >= 11 is 5.80. The Morgan fingerprint density at radius 2 is 1.74 bits per heavy atom. The van der Waals surface area contributed by atoms with Crippen LogP contribution in [-0.4, -0.2) is 29.9 Å².